The van der Waals surface area contributed by atoms with Gasteiger partial charge < -0.3 is 9.88 Å². The molecule has 0 saturated carbocycles. The predicted octanol–water partition coefficient (Wildman–Crippen LogP) is 3.40. The zero-order valence-electron chi connectivity index (χ0n) is 14.1. The van der Waals surface area contributed by atoms with E-state index >= 15 is 0 Å². The summed E-state index contributed by atoms with van der Waals surface area (Å²) in [6.07, 6.45) is 0. The number of aromatic nitrogens is 4. The molecule has 25 heavy (non-hydrogen) atoms. The second-order valence-electron chi connectivity index (χ2n) is 5.42. The molecule has 6 nitrogen and oxygen atoms in total. The lowest BCUT2D eigenvalue weighted by Crippen LogP contribution is -2.15. The number of anilines is 1. The van der Waals surface area contributed by atoms with Crippen LogP contribution >= 0.6 is 11.8 Å². The zero-order valence-corrected chi connectivity index (χ0v) is 15.0. The Morgan fingerprint density at radius 3 is 2.64 bits per heavy atom. The molecule has 0 spiro atoms. The fourth-order valence-corrected chi connectivity index (χ4v) is 3.21. The molecule has 0 bridgehead atoms. The lowest BCUT2D eigenvalue weighted by Gasteiger charge is -2.08. The largest absolute Gasteiger partial charge is 0.310 e. The molecule has 2 heterocycles. The number of hydrogen-bond donors (Lipinski definition) is 1. The molecule has 7 heteroatoms. The van der Waals surface area contributed by atoms with Gasteiger partial charge in [-0.3, -0.25) is 4.79 Å². The van der Waals surface area contributed by atoms with Gasteiger partial charge >= 0.3 is 0 Å². The summed E-state index contributed by atoms with van der Waals surface area (Å²) in [5, 5.41) is 12.0. The van der Waals surface area contributed by atoms with Crippen molar-refractivity contribution in [3.8, 4) is 11.4 Å². The van der Waals surface area contributed by atoms with Crippen LogP contribution in [0.4, 0.5) is 5.82 Å². The van der Waals surface area contributed by atoms with Crippen LogP contribution in [0, 0.1) is 6.92 Å². The normalized spacial score (nSPS) is 10.6. The molecule has 0 aliphatic rings. The van der Waals surface area contributed by atoms with Crippen LogP contribution in [0.15, 0.2) is 53.7 Å². The molecule has 3 rings (SSSR count). The minimum Gasteiger partial charge on any atom is -0.310 e. The first-order chi connectivity index (χ1) is 12.2. The molecular formula is C18H19N5OS. The first-order valence-corrected chi connectivity index (χ1v) is 9.01. The summed E-state index contributed by atoms with van der Waals surface area (Å²) in [6, 6.07) is 15.4. The van der Waals surface area contributed by atoms with E-state index in [4.69, 9.17) is 0 Å². The summed E-state index contributed by atoms with van der Waals surface area (Å²) in [4.78, 5) is 16.4. The van der Waals surface area contributed by atoms with Gasteiger partial charge in [0, 0.05) is 17.8 Å². The Hall–Kier alpha value is -2.67. The Balaban J connectivity index is 1.67. The topological polar surface area (TPSA) is 72.7 Å². The molecule has 1 aromatic carbocycles. The number of carbonyl (C=O) groups is 1. The van der Waals surface area contributed by atoms with Crippen molar-refractivity contribution < 1.29 is 4.79 Å². The van der Waals surface area contributed by atoms with Gasteiger partial charge in [-0.05, 0) is 26.0 Å². The molecule has 0 atom stereocenters. The van der Waals surface area contributed by atoms with Crippen LogP contribution in [0.25, 0.3) is 11.4 Å². The Morgan fingerprint density at radius 1 is 1.12 bits per heavy atom. The van der Waals surface area contributed by atoms with E-state index in [1.807, 2.05) is 60.9 Å². The lowest BCUT2D eigenvalue weighted by molar-refractivity contribution is -0.113. The van der Waals surface area contributed by atoms with E-state index in [0.29, 0.717) is 5.82 Å². The molecule has 3 aromatic rings. The van der Waals surface area contributed by atoms with Crippen molar-refractivity contribution in [2.75, 3.05) is 11.1 Å². The third-order valence-electron chi connectivity index (χ3n) is 3.55. The second kappa shape index (κ2) is 7.94. The number of pyridine rings is 1. The van der Waals surface area contributed by atoms with E-state index in [1.165, 1.54) is 11.8 Å². The van der Waals surface area contributed by atoms with Gasteiger partial charge in [-0.25, -0.2) is 4.98 Å². The Kier molecular flexibility index (Phi) is 5.45. The second-order valence-corrected chi connectivity index (χ2v) is 6.36. The fraction of sp³-hybridized carbons (Fsp3) is 0.222. The van der Waals surface area contributed by atoms with Crippen LogP contribution in [0.3, 0.4) is 0 Å². The number of hydrogen-bond acceptors (Lipinski definition) is 5. The summed E-state index contributed by atoms with van der Waals surface area (Å²) in [7, 11) is 0. The van der Waals surface area contributed by atoms with E-state index < -0.39 is 0 Å². The average molecular weight is 353 g/mol. The fourth-order valence-electron chi connectivity index (χ4n) is 2.40. The Bertz CT molecular complexity index is 863. The van der Waals surface area contributed by atoms with E-state index in [9.17, 15) is 4.79 Å². The minimum atomic E-state index is -0.116. The smallest absolute Gasteiger partial charge is 0.236 e. The monoisotopic (exact) mass is 353 g/mol. The highest BCUT2D eigenvalue weighted by Crippen LogP contribution is 2.23. The van der Waals surface area contributed by atoms with Gasteiger partial charge in [-0.1, -0.05) is 48.2 Å². The third kappa shape index (κ3) is 4.24. The van der Waals surface area contributed by atoms with Crippen molar-refractivity contribution in [1.82, 2.24) is 19.7 Å². The Labute approximate surface area is 150 Å². The van der Waals surface area contributed by atoms with E-state index in [2.05, 4.69) is 20.5 Å². The van der Waals surface area contributed by atoms with Gasteiger partial charge in [0.05, 0.1) is 5.75 Å². The highest BCUT2D eigenvalue weighted by atomic mass is 32.2. The summed E-state index contributed by atoms with van der Waals surface area (Å²) < 4.78 is 2.01. The molecule has 128 valence electrons. The van der Waals surface area contributed by atoms with E-state index in [-0.39, 0.29) is 11.7 Å². The molecule has 0 saturated heterocycles. The van der Waals surface area contributed by atoms with Crippen LogP contribution < -0.4 is 5.32 Å². The molecule has 1 N–H and O–H groups in total. The summed E-state index contributed by atoms with van der Waals surface area (Å²) in [6.45, 7) is 4.66. The van der Waals surface area contributed by atoms with Crippen LogP contribution in [-0.4, -0.2) is 31.4 Å². The number of amides is 1. The van der Waals surface area contributed by atoms with Gasteiger partial charge in [-0.15, -0.1) is 10.2 Å². The molecule has 0 aliphatic heterocycles. The molecule has 0 radical (unpaired) electrons. The highest BCUT2D eigenvalue weighted by molar-refractivity contribution is 7.99. The first kappa shape index (κ1) is 17.2. The molecule has 0 unspecified atom stereocenters. The van der Waals surface area contributed by atoms with Crippen LogP contribution in [0.2, 0.25) is 0 Å². The van der Waals surface area contributed by atoms with E-state index in [1.54, 1.807) is 6.07 Å². The highest BCUT2D eigenvalue weighted by Gasteiger charge is 2.14. The van der Waals surface area contributed by atoms with Crippen molar-refractivity contribution in [1.29, 1.82) is 0 Å². The van der Waals surface area contributed by atoms with Crippen molar-refractivity contribution in [2.45, 2.75) is 25.5 Å². The van der Waals surface area contributed by atoms with Gasteiger partial charge in [0.2, 0.25) is 5.91 Å². The first-order valence-electron chi connectivity index (χ1n) is 8.02. The number of nitrogens with one attached hydrogen (secondary N) is 1. The number of benzene rings is 1. The number of thioether (sulfide) groups is 1. The van der Waals surface area contributed by atoms with Crippen molar-refractivity contribution in [3.05, 3.63) is 54.2 Å². The Morgan fingerprint density at radius 2 is 1.92 bits per heavy atom. The van der Waals surface area contributed by atoms with Gasteiger partial charge in [0.1, 0.15) is 5.82 Å². The van der Waals surface area contributed by atoms with E-state index in [0.717, 1.165) is 28.8 Å². The number of carbonyl (C=O) groups excluding carboxylic acids is 1. The zero-order chi connectivity index (χ0) is 17.6. The maximum atomic E-state index is 12.1. The maximum absolute atomic E-state index is 12.1. The standard InChI is InChI=1S/C18H19N5OS/c1-3-23-17(14-9-5-4-6-10-14)21-22-18(23)25-12-16(24)20-15-11-7-8-13(2)19-15/h4-11H,3,12H2,1-2H3,(H,19,20,24). The molecule has 1 amide bonds. The third-order valence-corrected chi connectivity index (χ3v) is 4.52. The predicted molar refractivity (Wildman–Crippen MR) is 99.5 cm³/mol. The van der Waals surface area contributed by atoms with Crippen molar-refractivity contribution in [2.24, 2.45) is 0 Å². The summed E-state index contributed by atoms with van der Waals surface area (Å²) in [5.41, 5.74) is 1.88. The van der Waals surface area contributed by atoms with Crippen LogP contribution in [0.1, 0.15) is 12.6 Å². The van der Waals surface area contributed by atoms with Crippen LogP contribution in [0.5, 0.6) is 0 Å². The summed E-state index contributed by atoms with van der Waals surface area (Å²) in [5.74, 6) is 1.51. The van der Waals surface area contributed by atoms with Gasteiger partial charge in [-0.2, -0.15) is 0 Å². The van der Waals surface area contributed by atoms with Crippen LogP contribution in [-0.2, 0) is 11.3 Å². The minimum absolute atomic E-state index is 0.116. The maximum Gasteiger partial charge on any atom is 0.236 e. The van der Waals surface area contributed by atoms with Crippen molar-refractivity contribution in [3.63, 3.8) is 0 Å². The molecule has 2 aromatic heterocycles. The average Bonchev–Trinajstić information content (AvgIpc) is 3.03. The van der Waals surface area contributed by atoms with Gasteiger partial charge in [0.15, 0.2) is 11.0 Å². The van der Waals surface area contributed by atoms with Crippen molar-refractivity contribution >= 4 is 23.5 Å². The van der Waals surface area contributed by atoms with Gasteiger partial charge in [0.25, 0.3) is 0 Å². The SMILES string of the molecule is CCn1c(SCC(=O)Nc2cccc(C)n2)nnc1-c1ccccc1. The number of nitrogens with zero attached hydrogens (tertiary/aromatic N) is 4. The molecular weight excluding hydrogens is 334 g/mol. The number of rotatable bonds is 6. The summed E-state index contributed by atoms with van der Waals surface area (Å²) >= 11 is 1.37. The number of aryl methyl sites for hydroxylation is 1. The molecule has 0 fully saturated rings. The lowest BCUT2D eigenvalue weighted by atomic mass is 10.2. The quantitative estimate of drug-likeness (QED) is 0.688. The molecule has 0 aliphatic carbocycles.